The van der Waals surface area contributed by atoms with Crippen LogP contribution in [-0.4, -0.2) is 12.2 Å². The van der Waals surface area contributed by atoms with Crippen LogP contribution in [-0.2, 0) is 0 Å². The number of ether oxygens (including phenoxy) is 1. The molecule has 0 aromatic heterocycles. The summed E-state index contributed by atoms with van der Waals surface area (Å²) in [6.45, 7) is 1.89. The van der Waals surface area contributed by atoms with Gasteiger partial charge in [0.15, 0.2) is 0 Å². The maximum absolute atomic E-state index is 13.7. The first-order valence-electron chi connectivity index (χ1n) is 5.25. The Morgan fingerprint density at radius 2 is 1.88 bits per heavy atom. The average Bonchev–Trinajstić information content (AvgIpc) is 2.31. The standard InChI is InChI=1S/C14H13FO2/c1-9-3-4-14(15)13(5-9)10-6-11(16)8-12(7-10)17-2/h3-8,16H,1-2H3. The first kappa shape index (κ1) is 11.5. The SMILES string of the molecule is COc1cc(O)cc(-c2cc(C)ccc2F)c1. The van der Waals surface area contributed by atoms with Crippen LogP contribution < -0.4 is 4.74 Å². The number of halogens is 1. The van der Waals surface area contributed by atoms with Gasteiger partial charge in [0.05, 0.1) is 7.11 Å². The van der Waals surface area contributed by atoms with E-state index < -0.39 is 0 Å². The van der Waals surface area contributed by atoms with E-state index in [-0.39, 0.29) is 11.6 Å². The number of benzene rings is 2. The highest BCUT2D eigenvalue weighted by Gasteiger charge is 2.08. The summed E-state index contributed by atoms with van der Waals surface area (Å²) >= 11 is 0. The molecule has 0 aliphatic carbocycles. The van der Waals surface area contributed by atoms with Crippen molar-refractivity contribution >= 4 is 0 Å². The first-order valence-corrected chi connectivity index (χ1v) is 5.25. The van der Waals surface area contributed by atoms with Gasteiger partial charge in [0.25, 0.3) is 0 Å². The molecular weight excluding hydrogens is 219 g/mol. The van der Waals surface area contributed by atoms with Gasteiger partial charge in [0.2, 0.25) is 0 Å². The molecule has 0 saturated carbocycles. The fraction of sp³-hybridized carbons (Fsp3) is 0.143. The molecule has 2 aromatic carbocycles. The molecule has 3 heteroatoms. The second-order valence-corrected chi connectivity index (χ2v) is 3.90. The fourth-order valence-corrected chi connectivity index (χ4v) is 1.72. The van der Waals surface area contributed by atoms with E-state index in [2.05, 4.69) is 0 Å². The lowest BCUT2D eigenvalue weighted by atomic mass is 10.0. The number of phenols is 1. The van der Waals surface area contributed by atoms with Crippen molar-refractivity contribution in [1.29, 1.82) is 0 Å². The predicted octanol–water partition coefficient (Wildman–Crippen LogP) is 3.52. The minimum atomic E-state index is -0.316. The molecule has 0 aliphatic heterocycles. The van der Waals surface area contributed by atoms with Crippen molar-refractivity contribution in [3.63, 3.8) is 0 Å². The lowest BCUT2D eigenvalue weighted by Gasteiger charge is -2.08. The van der Waals surface area contributed by atoms with Crippen LogP contribution in [0.15, 0.2) is 36.4 Å². The summed E-state index contributed by atoms with van der Waals surface area (Å²) in [5.74, 6) is 0.240. The van der Waals surface area contributed by atoms with Crippen molar-refractivity contribution in [2.75, 3.05) is 7.11 Å². The summed E-state index contributed by atoms with van der Waals surface area (Å²) in [5.41, 5.74) is 2.02. The van der Waals surface area contributed by atoms with Crippen molar-refractivity contribution in [3.05, 3.63) is 47.8 Å². The molecule has 0 bridgehead atoms. The first-order chi connectivity index (χ1) is 8.10. The second-order valence-electron chi connectivity index (χ2n) is 3.90. The van der Waals surface area contributed by atoms with Crippen molar-refractivity contribution in [3.8, 4) is 22.6 Å². The second kappa shape index (κ2) is 4.45. The molecule has 0 atom stereocenters. The molecular formula is C14H13FO2. The Bertz CT molecular complexity index is 550. The minimum absolute atomic E-state index is 0.0558. The Morgan fingerprint density at radius 3 is 2.59 bits per heavy atom. The summed E-state index contributed by atoms with van der Waals surface area (Å²) in [6, 6.07) is 9.55. The topological polar surface area (TPSA) is 29.5 Å². The van der Waals surface area contributed by atoms with Gasteiger partial charge >= 0.3 is 0 Å². The highest BCUT2D eigenvalue weighted by atomic mass is 19.1. The molecule has 0 radical (unpaired) electrons. The summed E-state index contributed by atoms with van der Waals surface area (Å²) in [7, 11) is 1.51. The van der Waals surface area contributed by atoms with Gasteiger partial charge in [0, 0.05) is 11.6 Å². The van der Waals surface area contributed by atoms with Crippen LogP contribution in [0.5, 0.6) is 11.5 Å². The summed E-state index contributed by atoms with van der Waals surface area (Å²) in [5, 5.41) is 9.54. The van der Waals surface area contributed by atoms with E-state index >= 15 is 0 Å². The Morgan fingerprint density at radius 1 is 1.12 bits per heavy atom. The van der Waals surface area contributed by atoms with Gasteiger partial charge in [-0.2, -0.15) is 0 Å². The average molecular weight is 232 g/mol. The highest BCUT2D eigenvalue weighted by Crippen LogP contribution is 2.31. The van der Waals surface area contributed by atoms with Gasteiger partial charge in [-0.05, 0) is 36.8 Å². The van der Waals surface area contributed by atoms with Crippen molar-refractivity contribution in [1.82, 2.24) is 0 Å². The van der Waals surface area contributed by atoms with Gasteiger partial charge in [-0.15, -0.1) is 0 Å². The summed E-state index contributed by atoms with van der Waals surface area (Å²) < 4.78 is 18.7. The van der Waals surface area contributed by atoms with Crippen LogP contribution in [0.3, 0.4) is 0 Å². The molecule has 0 aliphatic rings. The normalized spacial score (nSPS) is 10.3. The van der Waals surface area contributed by atoms with Crippen LogP contribution in [0.2, 0.25) is 0 Å². The fourth-order valence-electron chi connectivity index (χ4n) is 1.72. The third-order valence-electron chi connectivity index (χ3n) is 2.56. The van der Waals surface area contributed by atoms with Gasteiger partial charge < -0.3 is 9.84 Å². The van der Waals surface area contributed by atoms with Crippen LogP contribution >= 0.6 is 0 Å². The molecule has 0 spiro atoms. The van der Waals surface area contributed by atoms with Crippen molar-refractivity contribution < 1.29 is 14.2 Å². The van der Waals surface area contributed by atoms with Crippen LogP contribution in [0.1, 0.15) is 5.56 Å². The van der Waals surface area contributed by atoms with Gasteiger partial charge in [-0.25, -0.2) is 4.39 Å². The van der Waals surface area contributed by atoms with E-state index in [9.17, 15) is 9.50 Å². The molecule has 0 heterocycles. The molecule has 0 unspecified atom stereocenters. The number of hydrogen-bond donors (Lipinski definition) is 1. The van der Waals surface area contributed by atoms with Crippen LogP contribution in [0.25, 0.3) is 11.1 Å². The number of phenolic OH excluding ortho intramolecular Hbond substituents is 1. The third kappa shape index (κ3) is 2.38. The monoisotopic (exact) mass is 232 g/mol. The zero-order valence-electron chi connectivity index (χ0n) is 9.70. The van der Waals surface area contributed by atoms with E-state index in [1.165, 1.54) is 25.3 Å². The highest BCUT2D eigenvalue weighted by molar-refractivity contribution is 5.68. The molecule has 1 N–H and O–H groups in total. The molecule has 2 rings (SSSR count). The molecule has 0 amide bonds. The van der Waals surface area contributed by atoms with E-state index in [1.54, 1.807) is 18.2 Å². The Balaban J connectivity index is 2.59. The van der Waals surface area contributed by atoms with Crippen molar-refractivity contribution in [2.24, 2.45) is 0 Å². The molecule has 88 valence electrons. The third-order valence-corrected chi connectivity index (χ3v) is 2.56. The number of methoxy groups -OCH3 is 1. The zero-order valence-corrected chi connectivity index (χ0v) is 9.70. The van der Waals surface area contributed by atoms with Gasteiger partial charge in [-0.3, -0.25) is 0 Å². The van der Waals surface area contributed by atoms with Crippen LogP contribution in [0.4, 0.5) is 4.39 Å². The summed E-state index contributed by atoms with van der Waals surface area (Å²) in [6.07, 6.45) is 0. The Labute approximate surface area is 99.3 Å². The number of aromatic hydroxyl groups is 1. The number of hydrogen-bond acceptors (Lipinski definition) is 2. The Kier molecular flexibility index (Phi) is 3.00. The molecule has 2 nitrogen and oxygen atoms in total. The van der Waals surface area contributed by atoms with E-state index in [1.807, 2.05) is 6.92 Å². The molecule has 0 saturated heterocycles. The Hall–Kier alpha value is -2.03. The van der Waals surface area contributed by atoms with Gasteiger partial charge in [-0.1, -0.05) is 11.6 Å². The maximum Gasteiger partial charge on any atom is 0.131 e. The lowest BCUT2D eigenvalue weighted by molar-refractivity contribution is 0.408. The van der Waals surface area contributed by atoms with E-state index in [0.717, 1.165) is 5.56 Å². The number of rotatable bonds is 2. The summed E-state index contributed by atoms with van der Waals surface area (Å²) in [4.78, 5) is 0. The molecule has 17 heavy (non-hydrogen) atoms. The van der Waals surface area contributed by atoms with E-state index in [4.69, 9.17) is 4.74 Å². The quantitative estimate of drug-likeness (QED) is 0.858. The largest absolute Gasteiger partial charge is 0.508 e. The van der Waals surface area contributed by atoms with Crippen molar-refractivity contribution in [2.45, 2.75) is 6.92 Å². The predicted molar refractivity (Wildman–Crippen MR) is 64.8 cm³/mol. The van der Waals surface area contributed by atoms with Gasteiger partial charge in [0.1, 0.15) is 17.3 Å². The lowest BCUT2D eigenvalue weighted by Crippen LogP contribution is -1.88. The molecule has 0 fully saturated rings. The number of aryl methyl sites for hydroxylation is 1. The maximum atomic E-state index is 13.7. The smallest absolute Gasteiger partial charge is 0.131 e. The molecule has 2 aromatic rings. The minimum Gasteiger partial charge on any atom is -0.508 e. The van der Waals surface area contributed by atoms with E-state index in [0.29, 0.717) is 16.9 Å². The zero-order chi connectivity index (χ0) is 12.4. The van der Waals surface area contributed by atoms with Crippen LogP contribution in [0, 0.1) is 12.7 Å².